The second kappa shape index (κ2) is 18.1. The van der Waals surface area contributed by atoms with Crippen LogP contribution in [0, 0.1) is 35.0 Å². The Kier molecular flexibility index (Phi) is 12.6. The number of fused-ring (bicyclic) bond motifs is 9. The molecule has 8 N–H and O–H groups in total. The van der Waals surface area contributed by atoms with Crippen LogP contribution in [0.15, 0.2) is 36.7 Å². The minimum absolute atomic E-state index is 0.0595. The van der Waals surface area contributed by atoms with Crippen molar-refractivity contribution in [1.29, 1.82) is 0 Å². The van der Waals surface area contributed by atoms with Crippen LogP contribution in [-0.4, -0.2) is 86.3 Å². The molecule has 2 aliphatic heterocycles. The quantitative estimate of drug-likeness (QED) is 0.108. The predicted molar refractivity (Wildman–Crippen MR) is 244 cm³/mol. The number of aromatic hydroxyl groups is 2. The monoisotopic (exact) mass is 883 g/mol. The molecule has 6 fully saturated rings. The van der Waals surface area contributed by atoms with E-state index in [1.807, 2.05) is 18.5 Å². The number of phenolic OH excluding ortho intramolecular Hbond substituents is 1. The van der Waals surface area contributed by atoms with E-state index in [1.165, 1.54) is 43.9 Å². The van der Waals surface area contributed by atoms with Crippen molar-refractivity contribution in [3.8, 4) is 23.0 Å². The van der Waals surface area contributed by atoms with E-state index in [2.05, 4.69) is 35.5 Å². The Hall–Kier alpha value is -3.32. The maximum atomic E-state index is 12.8. The largest absolute Gasteiger partial charge is 0.504 e. The fraction of sp³-hybridized carbons (Fsp3) is 0.698. The summed E-state index contributed by atoms with van der Waals surface area (Å²) < 4.78 is 19.8. The van der Waals surface area contributed by atoms with Gasteiger partial charge < -0.3 is 55.2 Å². The second-order valence-corrected chi connectivity index (χ2v) is 21.7. The fourth-order valence-corrected chi connectivity index (χ4v) is 15.4. The zero-order chi connectivity index (χ0) is 44.3. The van der Waals surface area contributed by atoms with Crippen molar-refractivity contribution in [1.82, 2.24) is 10.3 Å². The smallest absolute Gasteiger partial charge is 0.201 e. The van der Waals surface area contributed by atoms with Crippen LogP contribution in [0.4, 0.5) is 0 Å². The highest BCUT2D eigenvalue weighted by Crippen LogP contribution is 2.65. The Balaban J connectivity index is 1.01. The molecule has 0 unspecified atom stereocenters. The molecule has 13 atom stereocenters. The summed E-state index contributed by atoms with van der Waals surface area (Å²) in [6.07, 6.45) is 18.9. The van der Waals surface area contributed by atoms with Gasteiger partial charge in [-0.25, -0.2) is 0 Å². The van der Waals surface area contributed by atoms with E-state index < -0.39 is 42.0 Å². The van der Waals surface area contributed by atoms with Crippen LogP contribution in [0.3, 0.4) is 0 Å². The van der Waals surface area contributed by atoms with Gasteiger partial charge in [0, 0.05) is 48.3 Å². The molecule has 1 aromatic heterocycles. The first-order valence-electron chi connectivity index (χ1n) is 25.1. The Morgan fingerprint density at radius 1 is 0.859 bits per heavy atom. The number of nitrogens with one attached hydrogen (secondary N) is 2. The minimum atomic E-state index is -0.703. The van der Waals surface area contributed by atoms with E-state index in [9.17, 15) is 30.6 Å². The van der Waals surface area contributed by atoms with Crippen LogP contribution >= 0.6 is 0 Å². The van der Waals surface area contributed by atoms with E-state index in [4.69, 9.17) is 14.2 Å². The van der Waals surface area contributed by atoms with Crippen molar-refractivity contribution >= 4 is 0 Å². The molecule has 0 radical (unpaired) electrons. The van der Waals surface area contributed by atoms with Crippen LogP contribution in [0.25, 0.3) is 0 Å². The van der Waals surface area contributed by atoms with Crippen molar-refractivity contribution in [3.05, 3.63) is 70.0 Å². The number of hydrogen-bond donors (Lipinski definition) is 8. The van der Waals surface area contributed by atoms with Gasteiger partial charge in [-0.15, -0.1) is 0 Å². The topological polar surface area (TPSA) is 177 Å². The number of aromatic amines is 1. The number of aliphatic hydroxyl groups excluding tert-OH is 3. The number of aromatic nitrogens is 1. The van der Waals surface area contributed by atoms with Crippen molar-refractivity contribution in [2.75, 3.05) is 20.8 Å². The number of H-pyrrole nitrogens is 1. The van der Waals surface area contributed by atoms with Crippen molar-refractivity contribution in [3.63, 3.8) is 0 Å². The van der Waals surface area contributed by atoms with Gasteiger partial charge in [0.15, 0.2) is 11.5 Å². The summed E-state index contributed by atoms with van der Waals surface area (Å²) in [4.78, 5) is 3.09. The van der Waals surface area contributed by atoms with E-state index in [0.717, 1.165) is 75.5 Å². The number of aliphatic hydroxyl groups is 4. The first-order valence-corrected chi connectivity index (χ1v) is 25.1. The highest BCUT2D eigenvalue weighted by molar-refractivity contribution is 5.64. The first-order chi connectivity index (χ1) is 31.0. The molecule has 0 amide bonds. The summed E-state index contributed by atoms with van der Waals surface area (Å²) in [5.74, 6) is 2.03. The average molecular weight is 883 g/mol. The molecule has 1 saturated heterocycles. The lowest BCUT2D eigenvalue weighted by atomic mass is 9.48. The van der Waals surface area contributed by atoms with Crippen LogP contribution in [-0.2, 0) is 17.8 Å². The molecule has 64 heavy (non-hydrogen) atoms. The Labute approximate surface area is 379 Å². The Bertz CT molecular complexity index is 2100. The highest BCUT2D eigenvalue weighted by Gasteiger charge is 2.58. The summed E-state index contributed by atoms with van der Waals surface area (Å²) in [5, 5.41) is 73.1. The number of ether oxygens (including phenoxy) is 3. The van der Waals surface area contributed by atoms with Gasteiger partial charge in [-0.1, -0.05) is 25.0 Å². The van der Waals surface area contributed by atoms with Gasteiger partial charge in [0.05, 0.1) is 50.3 Å². The SMILES string of the molecule is CN[C@H]1CC[C@H]2[C@H](C1)CC1(CCCC1)[C@H]1[C@H]2c2cc([C@H]3CC[C@H]4[C@H](C3)O[C@H](c3c(CO)c(O)c(O)c(OC)c3Cc3cc[nH]c3)C[C@@H]4O)ccc2OCC[C@@H]2CC[C@](O)(CC[C@H]1O)C2. The molecule has 10 rings (SSSR count). The second-order valence-electron chi connectivity index (χ2n) is 21.7. The van der Waals surface area contributed by atoms with Gasteiger partial charge in [-0.3, -0.25) is 0 Å². The van der Waals surface area contributed by atoms with Crippen molar-refractivity contribution < 1.29 is 44.8 Å². The summed E-state index contributed by atoms with van der Waals surface area (Å²) >= 11 is 0. The Morgan fingerprint density at radius 3 is 2.44 bits per heavy atom. The molecule has 1 spiro atoms. The molecule has 350 valence electrons. The first kappa shape index (κ1) is 44.5. The maximum Gasteiger partial charge on any atom is 0.201 e. The molecule has 5 aliphatic carbocycles. The lowest BCUT2D eigenvalue weighted by Crippen LogP contribution is -2.53. The molecule has 2 bridgehead atoms. The average Bonchev–Trinajstić information content (AvgIpc) is 4.08. The van der Waals surface area contributed by atoms with Gasteiger partial charge in [-0.05, 0) is 179 Å². The van der Waals surface area contributed by atoms with Crippen LogP contribution in [0.2, 0.25) is 0 Å². The van der Waals surface area contributed by atoms with Crippen LogP contribution < -0.4 is 14.8 Å². The molecule has 11 heteroatoms. The summed E-state index contributed by atoms with van der Waals surface area (Å²) in [6, 6.07) is 9.43. The normalized spacial score (nSPS) is 37.2. The summed E-state index contributed by atoms with van der Waals surface area (Å²) in [7, 11) is 3.58. The number of phenols is 2. The van der Waals surface area contributed by atoms with Gasteiger partial charge in [0.25, 0.3) is 0 Å². The van der Waals surface area contributed by atoms with Crippen molar-refractivity contribution in [2.45, 2.75) is 176 Å². The van der Waals surface area contributed by atoms with E-state index in [-0.39, 0.29) is 46.5 Å². The zero-order valence-electron chi connectivity index (χ0n) is 38.1. The predicted octanol–water partition coefficient (Wildman–Crippen LogP) is 8.42. The molecule has 11 nitrogen and oxygen atoms in total. The lowest BCUT2D eigenvalue weighted by molar-refractivity contribution is -0.154. The molecule has 5 saturated carbocycles. The van der Waals surface area contributed by atoms with E-state index in [0.29, 0.717) is 73.6 Å². The fourth-order valence-electron chi connectivity index (χ4n) is 15.4. The summed E-state index contributed by atoms with van der Waals surface area (Å²) in [5.41, 5.74) is 4.20. The number of rotatable bonds is 7. The number of hydrogen-bond acceptors (Lipinski definition) is 10. The standard InChI is InChI=1S/C53H74N2O9/c1-54-35-7-9-36-34(22-35)27-52(15-3-4-16-52)48-41(57)12-18-53(61)17-11-30(26-53)14-20-63-43-10-6-32(23-38(43)47(36)48)33-5-8-37-42(58)25-45(64-44(37)24-33)46-39(21-31-13-19-55-28-31)51(62-2)50(60)49(59)40(46)29-56/h6,10,13,19,23,28,30,33-37,41-42,44-45,47-48,54-61H,3-5,7-9,11-12,14-18,20-22,24-27,29H2,1-2H3/t30-,33-,34+,35-,36-,37+,41+,42-,44-,45-,47+,48+,53-/m0/s1. The molecule has 3 heterocycles. The van der Waals surface area contributed by atoms with Gasteiger partial charge in [-0.2, -0.15) is 0 Å². The third-order valence-electron chi connectivity index (χ3n) is 18.4. The van der Waals surface area contributed by atoms with Gasteiger partial charge >= 0.3 is 0 Å². The third kappa shape index (κ3) is 8.06. The zero-order valence-corrected chi connectivity index (χ0v) is 38.1. The molecular formula is C53H74N2O9. The number of benzene rings is 2. The molecule has 3 aromatic rings. The maximum absolute atomic E-state index is 12.8. The van der Waals surface area contributed by atoms with Crippen molar-refractivity contribution in [2.24, 2.45) is 35.0 Å². The van der Waals surface area contributed by atoms with Gasteiger partial charge in [0.1, 0.15) is 5.75 Å². The molecular weight excluding hydrogens is 809 g/mol. The highest BCUT2D eigenvalue weighted by atomic mass is 16.5. The summed E-state index contributed by atoms with van der Waals surface area (Å²) in [6.45, 7) is 0.105. The lowest BCUT2D eigenvalue weighted by Gasteiger charge is -2.57. The molecule has 2 aromatic carbocycles. The third-order valence-corrected chi connectivity index (χ3v) is 18.4. The van der Waals surface area contributed by atoms with E-state index in [1.54, 1.807) is 0 Å². The van der Waals surface area contributed by atoms with Crippen LogP contribution in [0.1, 0.15) is 167 Å². The van der Waals surface area contributed by atoms with Gasteiger partial charge in [0.2, 0.25) is 5.75 Å². The molecule has 7 aliphatic rings. The number of methoxy groups -OCH3 is 1. The van der Waals surface area contributed by atoms with E-state index >= 15 is 0 Å². The van der Waals surface area contributed by atoms with Crippen LogP contribution in [0.5, 0.6) is 23.0 Å². The minimum Gasteiger partial charge on any atom is -0.504 e. The Morgan fingerprint density at radius 2 is 1.67 bits per heavy atom.